The van der Waals surface area contributed by atoms with Crippen LogP contribution in [-0.4, -0.2) is 13.1 Å². The van der Waals surface area contributed by atoms with Crippen LogP contribution < -0.4 is 5.32 Å². The third kappa shape index (κ3) is 8.00. The Morgan fingerprint density at radius 2 is 1.44 bits per heavy atom. The molecule has 0 heterocycles. The van der Waals surface area contributed by atoms with Gasteiger partial charge in [-0.2, -0.15) is 0 Å². The maximum absolute atomic E-state index is 4.23. The molecule has 0 unspecified atom stereocenters. The molecule has 0 saturated heterocycles. The second kappa shape index (κ2) is 12.3. The highest BCUT2D eigenvalue weighted by Crippen LogP contribution is 2.25. The molecular weight excluding hydrogens is 302 g/mol. The molecule has 2 aromatic carbocycles. The largest absolute Gasteiger partial charge is 0.317 e. The lowest BCUT2D eigenvalue weighted by Crippen LogP contribution is -2.14. The molecular formula is C24H33N. The van der Waals surface area contributed by atoms with Gasteiger partial charge in [0.25, 0.3) is 0 Å². The van der Waals surface area contributed by atoms with Crippen molar-refractivity contribution in [3.8, 4) is 0 Å². The van der Waals surface area contributed by atoms with Gasteiger partial charge in [-0.1, -0.05) is 86.7 Å². The van der Waals surface area contributed by atoms with E-state index >= 15 is 0 Å². The van der Waals surface area contributed by atoms with Gasteiger partial charge in [0.1, 0.15) is 0 Å². The summed E-state index contributed by atoms with van der Waals surface area (Å²) in [6.07, 6.45) is 4.70. The van der Waals surface area contributed by atoms with Gasteiger partial charge >= 0.3 is 0 Å². The van der Waals surface area contributed by atoms with Crippen LogP contribution in [0.4, 0.5) is 0 Å². The molecule has 1 nitrogen and oxygen atoms in total. The molecule has 0 bridgehead atoms. The smallest absolute Gasteiger partial charge is 0.00516 e. The van der Waals surface area contributed by atoms with Gasteiger partial charge in [-0.15, -0.1) is 0 Å². The molecule has 0 aliphatic heterocycles. The molecule has 0 radical (unpaired) electrons. The summed E-state index contributed by atoms with van der Waals surface area (Å²) < 4.78 is 0. The Balaban J connectivity index is 0.000000381. The zero-order valence-electron chi connectivity index (χ0n) is 16.3. The first-order chi connectivity index (χ1) is 12.1. The second-order valence-corrected chi connectivity index (χ2v) is 6.40. The van der Waals surface area contributed by atoms with Crippen LogP contribution in [0.15, 0.2) is 66.7 Å². The number of benzene rings is 2. The van der Waals surface area contributed by atoms with Crippen LogP contribution in [0.1, 0.15) is 57.2 Å². The predicted molar refractivity (Wildman–Crippen MR) is 114 cm³/mol. The summed E-state index contributed by atoms with van der Waals surface area (Å²) in [6.45, 7) is 15.2. The van der Waals surface area contributed by atoms with E-state index in [1.165, 1.54) is 48.2 Å². The molecule has 25 heavy (non-hydrogen) atoms. The average Bonchev–Trinajstić information content (AvgIpc) is 2.63. The number of hydrogen-bond donors (Lipinski definition) is 1. The van der Waals surface area contributed by atoms with Crippen LogP contribution in [0.3, 0.4) is 0 Å². The van der Waals surface area contributed by atoms with Crippen molar-refractivity contribution in [2.75, 3.05) is 13.1 Å². The number of hydrogen-bond acceptors (Lipinski definition) is 1. The van der Waals surface area contributed by atoms with Crippen LogP contribution in [0.25, 0.3) is 11.6 Å². The summed E-state index contributed by atoms with van der Waals surface area (Å²) >= 11 is 0. The fraction of sp³-hybridized carbons (Fsp3) is 0.333. The summed E-state index contributed by atoms with van der Waals surface area (Å²) in [6, 6.07) is 18.7. The van der Waals surface area contributed by atoms with E-state index in [0.29, 0.717) is 0 Å². The Kier molecular flexibility index (Phi) is 10.3. The molecule has 0 aromatic heterocycles. The van der Waals surface area contributed by atoms with Gasteiger partial charge in [-0.05, 0) is 62.0 Å². The Labute approximate surface area is 154 Å². The third-order valence-electron chi connectivity index (χ3n) is 3.71. The molecule has 0 saturated carbocycles. The van der Waals surface area contributed by atoms with E-state index < -0.39 is 0 Å². The summed E-state index contributed by atoms with van der Waals surface area (Å²) in [7, 11) is 0. The minimum atomic E-state index is 1.07. The molecule has 0 aliphatic carbocycles. The Bertz CT molecular complexity index is 645. The van der Waals surface area contributed by atoms with E-state index in [4.69, 9.17) is 0 Å². The highest BCUT2D eigenvalue weighted by atomic mass is 14.8. The maximum atomic E-state index is 4.23. The Morgan fingerprint density at radius 3 is 2.00 bits per heavy atom. The van der Waals surface area contributed by atoms with Crippen molar-refractivity contribution in [3.63, 3.8) is 0 Å². The fourth-order valence-electron chi connectivity index (χ4n) is 2.48. The maximum Gasteiger partial charge on any atom is -0.00516 e. The third-order valence-corrected chi connectivity index (χ3v) is 3.71. The van der Waals surface area contributed by atoms with Gasteiger partial charge in [0.2, 0.25) is 0 Å². The lowest BCUT2D eigenvalue weighted by Gasteiger charge is -2.10. The van der Waals surface area contributed by atoms with Crippen molar-refractivity contribution in [2.45, 2.75) is 40.5 Å². The van der Waals surface area contributed by atoms with E-state index in [1.54, 1.807) is 0 Å². The molecule has 0 spiro atoms. The predicted octanol–water partition coefficient (Wildman–Crippen LogP) is 6.57. The van der Waals surface area contributed by atoms with Crippen molar-refractivity contribution in [1.29, 1.82) is 0 Å². The average molecular weight is 336 g/mol. The number of rotatable bonds is 7. The van der Waals surface area contributed by atoms with E-state index in [9.17, 15) is 0 Å². The molecule has 0 atom stereocenters. The minimum Gasteiger partial charge on any atom is -0.317 e. The molecule has 0 aliphatic rings. The zero-order valence-corrected chi connectivity index (χ0v) is 16.3. The normalized spacial score (nSPS) is 9.76. The van der Waals surface area contributed by atoms with Crippen molar-refractivity contribution in [3.05, 3.63) is 83.4 Å². The van der Waals surface area contributed by atoms with Crippen LogP contribution >= 0.6 is 0 Å². The fourth-order valence-corrected chi connectivity index (χ4v) is 2.48. The first-order valence-corrected chi connectivity index (χ1v) is 9.29. The zero-order chi connectivity index (χ0) is 18.5. The molecule has 2 rings (SSSR count). The topological polar surface area (TPSA) is 12.0 Å². The minimum absolute atomic E-state index is 1.07. The summed E-state index contributed by atoms with van der Waals surface area (Å²) in [4.78, 5) is 0. The van der Waals surface area contributed by atoms with E-state index in [0.717, 1.165) is 5.57 Å². The molecule has 0 fully saturated rings. The van der Waals surface area contributed by atoms with Gasteiger partial charge in [0.15, 0.2) is 0 Å². The quantitative estimate of drug-likeness (QED) is 0.564. The van der Waals surface area contributed by atoms with Gasteiger partial charge < -0.3 is 5.32 Å². The van der Waals surface area contributed by atoms with E-state index in [-0.39, 0.29) is 0 Å². The van der Waals surface area contributed by atoms with Crippen LogP contribution in [-0.2, 0) is 0 Å². The van der Waals surface area contributed by atoms with Crippen LogP contribution in [0.5, 0.6) is 0 Å². The molecule has 134 valence electrons. The summed E-state index contributed by atoms with van der Waals surface area (Å²) in [5.74, 6) is 0. The SMILES string of the molecule is C=C(c1ccccc1)c1ccccc1C=C(C)C.CCCNCCC. The number of allylic oxidation sites excluding steroid dienone is 1. The van der Waals surface area contributed by atoms with Gasteiger partial charge in [0, 0.05) is 0 Å². The first kappa shape index (κ1) is 20.9. The van der Waals surface area contributed by atoms with E-state index in [2.05, 4.69) is 82.1 Å². The summed E-state index contributed by atoms with van der Waals surface area (Å²) in [5, 5.41) is 3.28. The lowest BCUT2D eigenvalue weighted by atomic mass is 9.94. The molecule has 2 aromatic rings. The molecule has 0 amide bonds. The van der Waals surface area contributed by atoms with Crippen LogP contribution in [0.2, 0.25) is 0 Å². The highest BCUT2D eigenvalue weighted by Gasteiger charge is 2.05. The van der Waals surface area contributed by atoms with Gasteiger partial charge in [-0.25, -0.2) is 0 Å². The van der Waals surface area contributed by atoms with Gasteiger partial charge in [0.05, 0.1) is 0 Å². The van der Waals surface area contributed by atoms with Crippen LogP contribution in [0, 0.1) is 0 Å². The van der Waals surface area contributed by atoms with Crippen molar-refractivity contribution in [1.82, 2.24) is 5.32 Å². The Morgan fingerprint density at radius 1 is 0.880 bits per heavy atom. The lowest BCUT2D eigenvalue weighted by molar-refractivity contribution is 0.662. The summed E-state index contributed by atoms with van der Waals surface area (Å²) in [5.41, 5.74) is 5.97. The monoisotopic (exact) mass is 335 g/mol. The Hall–Kier alpha value is -2.12. The van der Waals surface area contributed by atoms with Crippen molar-refractivity contribution >= 4 is 11.6 Å². The first-order valence-electron chi connectivity index (χ1n) is 9.29. The number of nitrogens with one attached hydrogen (secondary N) is 1. The standard InChI is InChI=1S/C18H18.C6H15N/c1-14(2)13-17-11-7-8-12-18(17)15(3)16-9-5-4-6-10-16;1-3-5-7-6-4-2/h4-13H,3H2,1-2H3;7H,3-6H2,1-2H3. The molecule has 1 heteroatoms. The molecule has 1 N–H and O–H groups in total. The van der Waals surface area contributed by atoms with Crippen molar-refractivity contribution < 1.29 is 0 Å². The van der Waals surface area contributed by atoms with Gasteiger partial charge in [-0.3, -0.25) is 0 Å². The van der Waals surface area contributed by atoms with E-state index in [1.807, 2.05) is 18.2 Å². The van der Waals surface area contributed by atoms with Crippen molar-refractivity contribution in [2.24, 2.45) is 0 Å². The highest BCUT2D eigenvalue weighted by molar-refractivity contribution is 5.83. The second-order valence-electron chi connectivity index (χ2n) is 6.40.